The molecule has 0 aliphatic carbocycles. The Morgan fingerprint density at radius 3 is 3.36 bits per heavy atom. The van der Waals surface area contributed by atoms with E-state index in [9.17, 15) is 0 Å². The molecule has 0 fully saturated rings. The molecule has 1 aliphatic rings. The summed E-state index contributed by atoms with van der Waals surface area (Å²) >= 11 is 0. The van der Waals surface area contributed by atoms with Crippen molar-refractivity contribution in [3.63, 3.8) is 0 Å². The van der Waals surface area contributed by atoms with E-state index in [0.29, 0.717) is 12.1 Å². The maximum absolute atomic E-state index is 4.31. The number of nitrogens with one attached hydrogen (secondary N) is 1. The van der Waals surface area contributed by atoms with Crippen LogP contribution in [0.5, 0.6) is 0 Å². The summed E-state index contributed by atoms with van der Waals surface area (Å²) in [5.74, 6) is 1.11. The largest absolute Gasteiger partial charge is 0.305 e. The summed E-state index contributed by atoms with van der Waals surface area (Å²) in [6.07, 6.45) is 5.20. The Morgan fingerprint density at radius 2 is 2.57 bits per heavy atom. The molecule has 0 bridgehead atoms. The van der Waals surface area contributed by atoms with Gasteiger partial charge in [0.05, 0.1) is 6.04 Å². The molecule has 2 rings (SSSR count). The molecule has 0 aromatic carbocycles. The topological polar surface area (TPSA) is 42.7 Å². The van der Waals surface area contributed by atoms with Crippen molar-refractivity contribution in [1.82, 2.24) is 20.1 Å². The highest BCUT2D eigenvalue weighted by Crippen LogP contribution is 2.22. The van der Waals surface area contributed by atoms with E-state index in [-0.39, 0.29) is 0 Å². The number of hydrogen-bond acceptors (Lipinski definition) is 3. The molecule has 0 saturated carbocycles. The van der Waals surface area contributed by atoms with Crippen LogP contribution in [0.15, 0.2) is 6.33 Å². The van der Waals surface area contributed by atoms with Gasteiger partial charge in [-0.05, 0) is 26.2 Å². The molecule has 2 atom stereocenters. The SMILES string of the molecule is CCC(C)NC1CCCn2ncnc21. The fourth-order valence-corrected chi connectivity index (χ4v) is 1.91. The zero-order valence-electron chi connectivity index (χ0n) is 8.90. The molecule has 2 unspecified atom stereocenters. The Morgan fingerprint density at radius 1 is 1.71 bits per heavy atom. The Balaban J connectivity index is 2.08. The lowest BCUT2D eigenvalue weighted by Crippen LogP contribution is -2.34. The van der Waals surface area contributed by atoms with Crippen LogP contribution in [-0.2, 0) is 6.54 Å². The molecule has 2 heterocycles. The van der Waals surface area contributed by atoms with Crippen molar-refractivity contribution in [2.45, 2.75) is 51.7 Å². The van der Waals surface area contributed by atoms with Crippen molar-refractivity contribution in [1.29, 1.82) is 0 Å². The summed E-state index contributed by atoms with van der Waals surface area (Å²) in [6.45, 7) is 5.44. The van der Waals surface area contributed by atoms with Crippen LogP contribution in [0, 0.1) is 0 Å². The first-order chi connectivity index (χ1) is 6.81. The molecule has 4 nitrogen and oxygen atoms in total. The van der Waals surface area contributed by atoms with Crippen LogP contribution in [-0.4, -0.2) is 20.8 Å². The van der Waals surface area contributed by atoms with Gasteiger partial charge in [-0.25, -0.2) is 9.67 Å². The van der Waals surface area contributed by atoms with E-state index >= 15 is 0 Å². The molecule has 1 aromatic rings. The average molecular weight is 194 g/mol. The first kappa shape index (κ1) is 9.65. The van der Waals surface area contributed by atoms with E-state index in [1.807, 2.05) is 4.68 Å². The predicted octanol–water partition coefficient (Wildman–Crippen LogP) is 1.50. The van der Waals surface area contributed by atoms with Gasteiger partial charge in [-0.15, -0.1) is 0 Å². The van der Waals surface area contributed by atoms with Crippen molar-refractivity contribution in [3.8, 4) is 0 Å². The van der Waals surface area contributed by atoms with Gasteiger partial charge >= 0.3 is 0 Å². The smallest absolute Gasteiger partial charge is 0.143 e. The van der Waals surface area contributed by atoms with E-state index in [1.165, 1.54) is 12.8 Å². The zero-order valence-corrected chi connectivity index (χ0v) is 8.90. The normalized spacial score (nSPS) is 23.1. The lowest BCUT2D eigenvalue weighted by Gasteiger charge is -2.25. The number of hydrogen-bond donors (Lipinski definition) is 1. The van der Waals surface area contributed by atoms with Gasteiger partial charge in [0.25, 0.3) is 0 Å². The fourth-order valence-electron chi connectivity index (χ4n) is 1.91. The van der Waals surface area contributed by atoms with Crippen LogP contribution >= 0.6 is 0 Å². The molecule has 0 radical (unpaired) electrons. The molecular weight excluding hydrogens is 176 g/mol. The number of fused-ring (bicyclic) bond motifs is 1. The van der Waals surface area contributed by atoms with Crippen molar-refractivity contribution >= 4 is 0 Å². The Kier molecular flexibility index (Phi) is 2.82. The van der Waals surface area contributed by atoms with Gasteiger partial charge in [0.1, 0.15) is 12.2 Å². The second kappa shape index (κ2) is 4.09. The van der Waals surface area contributed by atoms with Crippen LogP contribution in [0.3, 0.4) is 0 Å². The third-order valence-corrected chi connectivity index (χ3v) is 2.92. The van der Waals surface area contributed by atoms with Gasteiger partial charge in [-0.2, -0.15) is 5.10 Å². The van der Waals surface area contributed by atoms with Crippen LogP contribution in [0.1, 0.15) is 45.0 Å². The van der Waals surface area contributed by atoms with Crippen LogP contribution in [0.4, 0.5) is 0 Å². The van der Waals surface area contributed by atoms with Gasteiger partial charge in [0, 0.05) is 12.6 Å². The summed E-state index contributed by atoms with van der Waals surface area (Å²) in [5.41, 5.74) is 0. The minimum absolute atomic E-state index is 0.404. The van der Waals surface area contributed by atoms with E-state index in [1.54, 1.807) is 6.33 Å². The minimum Gasteiger partial charge on any atom is -0.305 e. The molecule has 1 aromatic heterocycles. The maximum atomic E-state index is 4.31. The summed E-state index contributed by atoms with van der Waals surface area (Å²) in [5, 5.41) is 7.79. The Hall–Kier alpha value is -0.900. The number of rotatable bonds is 3. The van der Waals surface area contributed by atoms with E-state index in [2.05, 4.69) is 29.2 Å². The van der Waals surface area contributed by atoms with Crippen molar-refractivity contribution in [2.24, 2.45) is 0 Å². The molecule has 1 N–H and O–H groups in total. The monoisotopic (exact) mass is 194 g/mol. The molecule has 0 saturated heterocycles. The van der Waals surface area contributed by atoms with Gasteiger partial charge in [-0.1, -0.05) is 6.92 Å². The van der Waals surface area contributed by atoms with Crippen LogP contribution in [0.25, 0.3) is 0 Å². The number of nitrogens with zero attached hydrogens (tertiary/aromatic N) is 3. The predicted molar refractivity (Wildman–Crippen MR) is 54.9 cm³/mol. The van der Waals surface area contributed by atoms with Crippen LogP contribution in [0.2, 0.25) is 0 Å². The number of aryl methyl sites for hydroxylation is 1. The van der Waals surface area contributed by atoms with Crippen molar-refractivity contribution in [2.75, 3.05) is 0 Å². The van der Waals surface area contributed by atoms with Gasteiger partial charge < -0.3 is 5.32 Å². The molecular formula is C10H18N4. The van der Waals surface area contributed by atoms with Crippen molar-refractivity contribution in [3.05, 3.63) is 12.2 Å². The lowest BCUT2D eigenvalue weighted by atomic mass is 10.1. The van der Waals surface area contributed by atoms with E-state index < -0.39 is 0 Å². The highest BCUT2D eigenvalue weighted by Gasteiger charge is 2.22. The zero-order chi connectivity index (χ0) is 9.97. The quantitative estimate of drug-likeness (QED) is 0.793. The molecule has 0 spiro atoms. The molecule has 14 heavy (non-hydrogen) atoms. The van der Waals surface area contributed by atoms with E-state index in [0.717, 1.165) is 18.8 Å². The third-order valence-electron chi connectivity index (χ3n) is 2.92. The fraction of sp³-hybridized carbons (Fsp3) is 0.800. The van der Waals surface area contributed by atoms with Gasteiger partial charge in [-0.3, -0.25) is 0 Å². The average Bonchev–Trinajstić information content (AvgIpc) is 2.66. The van der Waals surface area contributed by atoms with Crippen molar-refractivity contribution < 1.29 is 0 Å². The Labute approximate surface area is 84.7 Å². The molecule has 1 aliphatic heterocycles. The molecule has 78 valence electrons. The highest BCUT2D eigenvalue weighted by molar-refractivity contribution is 4.97. The molecule has 4 heteroatoms. The third kappa shape index (κ3) is 1.80. The lowest BCUT2D eigenvalue weighted by molar-refractivity contribution is 0.338. The number of aromatic nitrogens is 3. The van der Waals surface area contributed by atoms with Crippen LogP contribution < -0.4 is 5.32 Å². The van der Waals surface area contributed by atoms with Gasteiger partial charge in [0.15, 0.2) is 0 Å². The standard InChI is InChI=1S/C10H18N4/c1-3-8(2)13-9-5-4-6-14-10(9)11-7-12-14/h7-9,13H,3-6H2,1-2H3. The second-order valence-electron chi connectivity index (χ2n) is 4.01. The summed E-state index contributed by atoms with van der Waals surface area (Å²) in [7, 11) is 0. The first-order valence-electron chi connectivity index (χ1n) is 5.45. The summed E-state index contributed by atoms with van der Waals surface area (Å²) < 4.78 is 2.02. The second-order valence-corrected chi connectivity index (χ2v) is 4.01. The highest BCUT2D eigenvalue weighted by atomic mass is 15.3. The molecule has 0 amide bonds. The summed E-state index contributed by atoms with van der Waals surface area (Å²) in [6, 6.07) is 0.962. The first-order valence-corrected chi connectivity index (χ1v) is 5.45. The van der Waals surface area contributed by atoms with E-state index in [4.69, 9.17) is 0 Å². The minimum atomic E-state index is 0.404. The Bertz CT molecular complexity index is 294. The maximum Gasteiger partial charge on any atom is 0.143 e. The summed E-state index contributed by atoms with van der Waals surface area (Å²) in [4.78, 5) is 4.31. The van der Waals surface area contributed by atoms with Gasteiger partial charge in [0.2, 0.25) is 0 Å².